The fourth-order valence-electron chi connectivity index (χ4n) is 3.34. The highest BCUT2D eigenvalue weighted by Crippen LogP contribution is 2.36. The molecule has 1 aromatic carbocycles. The van der Waals surface area contributed by atoms with Crippen LogP contribution in [0, 0.1) is 11.3 Å². The first-order chi connectivity index (χ1) is 13.6. The Labute approximate surface area is 175 Å². The molecule has 1 aliphatic heterocycles. The number of hydrogen-bond donors (Lipinski definition) is 0. The summed E-state index contributed by atoms with van der Waals surface area (Å²) in [5.41, 5.74) is 4.28. The van der Waals surface area contributed by atoms with Gasteiger partial charge in [0.2, 0.25) is 5.91 Å². The third-order valence-corrected chi connectivity index (χ3v) is 5.31. The van der Waals surface area contributed by atoms with Gasteiger partial charge in [0, 0.05) is 24.5 Å². The fraction of sp³-hybridized carbons (Fsp3) is 0.150. The van der Waals surface area contributed by atoms with E-state index in [0.717, 1.165) is 11.1 Å². The minimum absolute atomic E-state index is 0.109. The number of aromatic nitrogens is 3. The van der Waals surface area contributed by atoms with Crippen molar-refractivity contribution in [2.45, 2.75) is 12.8 Å². The second-order valence-electron chi connectivity index (χ2n) is 6.28. The summed E-state index contributed by atoms with van der Waals surface area (Å²) in [5, 5.41) is 10.0. The zero-order valence-corrected chi connectivity index (χ0v) is 16.9. The van der Waals surface area contributed by atoms with Crippen LogP contribution in [0.5, 0.6) is 0 Å². The van der Waals surface area contributed by atoms with Crippen molar-refractivity contribution in [2.75, 3.05) is 11.4 Å². The van der Waals surface area contributed by atoms with E-state index in [4.69, 9.17) is 11.6 Å². The molecule has 0 unspecified atom stereocenters. The van der Waals surface area contributed by atoms with Crippen LogP contribution in [0.2, 0.25) is 5.15 Å². The molecule has 0 fully saturated rings. The van der Waals surface area contributed by atoms with Crippen LogP contribution in [-0.4, -0.2) is 27.4 Å². The van der Waals surface area contributed by atoms with Crippen LogP contribution < -0.4 is 4.90 Å². The van der Waals surface area contributed by atoms with Gasteiger partial charge in [-0.2, -0.15) is 5.26 Å². The molecule has 0 saturated carbocycles. The van der Waals surface area contributed by atoms with Gasteiger partial charge in [-0.1, -0.05) is 17.7 Å². The van der Waals surface area contributed by atoms with Crippen LogP contribution in [0.25, 0.3) is 11.3 Å². The summed E-state index contributed by atoms with van der Waals surface area (Å²) in [6.45, 7) is 0.525. The van der Waals surface area contributed by atoms with E-state index in [1.54, 1.807) is 41.6 Å². The molecule has 1 amide bonds. The molecule has 0 N–H and O–H groups in total. The summed E-state index contributed by atoms with van der Waals surface area (Å²) in [5.74, 6) is -0.109. The van der Waals surface area contributed by atoms with Crippen LogP contribution in [0.4, 0.5) is 5.69 Å². The van der Waals surface area contributed by atoms with Crippen molar-refractivity contribution in [3.63, 3.8) is 0 Å². The van der Waals surface area contributed by atoms with Crippen LogP contribution in [0.15, 0.2) is 47.5 Å². The first-order valence-corrected chi connectivity index (χ1v) is 9.69. The smallest absolute Gasteiger partial charge is 0.231 e. The van der Waals surface area contributed by atoms with E-state index >= 15 is 0 Å². The maximum Gasteiger partial charge on any atom is 0.231 e. The third-order valence-electron chi connectivity index (χ3n) is 4.58. The number of halogens is 2. The molecule has 8 heteroatoms. The lowest BCUT2D eigenvalue weighted by molar-refractivity contribution is -0.117. The van der Waals surface area contributed by atoms with Gasteiger partial charge >= 0.3 is 0 Å². The summed E-state index contributed by atoms with van der Waals surface area (Å²) in [6, 6.07) is 11.3. The largest absolute Gasteiger partial charge is 0.310 e. The molecular formula is C20H13BrClN5O. The van der Waals surface area contributed by atoms with Gasteiger partial charge in [-0.3, -0.25) is 4.79 Å². The number of fused-ring (bicyclic) bond motifs is 1. The van der Waals surface area contributed by atoms with Crippen molar-refractivity contribution in [3.8, 4) is 17.3 Å². The van der Waals surface area contributed by atoms with E-state index in [1.165, 1.54) is 0 Å². The Hall–Kier alpha value is -2.82. The molecular weight excluding hydrogens is 442 g/mol. The van der Waals surface area contributed by atoms with Crippen LogP contribution >= 0.6 is 27.5 Å². The summed E-state index contributed by atoms with van der Waals surface area (Å²) in [7, 11) is 0. The monoisotopic (exact) mass is 453 g/mol. The Morgan fingerprint density at radius 3 is 2.89 bits per heavy atom. The summed E-state index contributed by atoms with van der Waals surface area (Å²) in [6.07, 6.45) is 4.05. The summed E-state index contributed by atoms with van der Waals surface area (Å²) in [4.78, 5) is 27.0. The van der Waals surface area contributed by atoms with Crippen molar-refractivity contribution in [1.82, 2.24) is 15.0 Å². The van der Waals surface area contributed by atoms with Crippen molar-refractivity contribution in [1.29, 1.82) is 5.26 Å². The number of pyridine rings is 1. The van der Waals surface area contributed by atoms with E-state index in [0.29, 0.717) is 45.4 Å². The fourth-order valence-corrected chi connectivity index (χ4v) is 3.83. The second kappa shape index (κ2) is 7.66. The lowest BCUT2D eigenvalue weighted by Gasteiger charge is -2.19. The molecule has 3 aromatic rings. The van der Waals surface area contributed by atoms with Gasteiger partial charge in [-0.25, -0.2) is 15.0 Å². The Kier molecular flexibility index (Phi) is 5.07. The van der Waals surface area contributed by atoms with Crippen molar-refractivity contribution >= 4 is 39.1 Å². The highest BCUT2D eigenvalue weighted by Gasteiger charge is 2.29. The maximum absolute atomic E-state index is 12.9. The van der Waals surface area contributed by atoms with Crippen molar-refractivity contribution in [3.05, 3.63) is 69.3 Å². The van der Waals surface area contributed by atoms with Gasteiger partial charge in [0.1, 0.15) is 11.2 Å². The standard InChI is InChI=1S/C20H13BrClN5O/c21-20-25-6-3-16(26-20)14-8-12-4-7-27(18(12)15(9-14)11-23)17(28)10-13-2-1-5-24-19(13)22/h1-3,5-6,8-9H,4,7,10H2. The number of carbonyl (C=O) groups excluding carboxylic acids is 1. The average Bonchev–Trinajstić information content (AvgIpc) is 3.13. The van der Waals surface area contributed by atoms with Crippen LogP contribution in [0.1, 0.15) is 16.7 Å². The Morgan fingerprint density at radius 1 is 1.29 bits per heavy atom. The highest BCUT2D eigenvalue weighted by atomic mass is 79.9. The molecule has 138 valence electrons. The normalized spacial score (nSPS) is 12.5. The lowest BCUT2D eigenvalue weighted by atomic mass is 10.0. The van der Waals surface area contributed by atoms with Gasteiger partial charge < -0.3 is 4.90 Å². The minimum Gasteiger partial charge on any atom is -0.310 e. The van der Waals surface area contributed by atoms with E-state index in [2.05, 4.69) is 37.0 Å². The van der Waals surface area contributed by atoms with Gasteiger partial charge in [-0.15, -0.1) is 0 Å². The van der Waals surface area contributed by atoms with E-state index in [-0.39, 0.29) is 12.3 Å². The van der Waals surface area contributed by atoms with Gasteiger partial charge in [0.05, 0.1) is 23.4 Å². The zero-order chi connectivity index (χ0) is 19.7. The minimum atomic E-state index is -0.109. The number of anilines is 1. The quantitative estimate of drug-likeness (QED) is 0.442. The predicted octanol–water partition coefficient (Wildman–Crippen LogP) is 3.96. The van der Waals surface area contributed by atoms with E-state index in [9.17, 15) is 10.1 Å². The molecule has 0 saturated heterocycles. The van der Waals surface area contributed by atoms with Crippen molar-refractivity contribution < 1.29 is 4.79 Å². The number of amides is 1. The summed E-state index contributed by atoms with van der Waals surface area (Å²) < 4.78 is 0.481. The molecule has 0 bridgehead atoms. The molecule has 0 radical (unpaired) electrons. The molecule has 6 nitrogen and oxygen atoms in total. The SMILES string of the molecule is N#Cc1cc(-c2ccnc(Br)n2)cc2c1N(C(=O)Cc1cccnc1Cl)CC2. The molecule has 0 atom stereocenters. The first-order valence-electron chi connectivity index (χ1n) is 8.52. The zero-order valence-electron chi connectivity index (χ0n) is 14.6. The predicted molar refractivity (Wildman–Crippen MR) is 109 cm³/mol. The Balaban J connectivity index is 1.69. The number of benzene rings is 1. The molecule has 0 aliphatic carbocycles. The third kappa shape index (κ3) is 3.49. The highest BCUT2D eigenvalue weighted by molar-refractivity contribution is 9.10. The molecule has 4 rings (SSSR count). The number of hydrogen-bond acceptors (Lipinski definition) is 5. The molecule has 2 aromatic heterocycles. The van der Waals surface area contributed by atoms with E-state index < -0.39 is 0 Å². The number of carbonyl (C=O) groups is 1. The Morgan fingerprint density at radius 2 is 2.14 bits per heavy atom. The molecule has 3 heterocycles. The van der Waals surface area contributed by atoms with Crippen molar-refractivity contribution in [2.24, 2.45) is 0 Å². The topological polar surface area (TPSA) is 82.8 Å². The Bertz CT molecular complexity index is 1130. The molecule has 0 spiro atoms. The number of nitriles is 1. The van der Waals surface area contributed by atoms with Crippen LogP contribution in [0.3, 0.4) is 0 Å². The first kappa shape index (κ1) is 18.5. The number of nitrogens with zero attached hydrogens (tertiary/aromatic N) is 5. The average molecular weight is 455 g/mol. The van der Waals surface area contributed by atoms with Gasteiger partial charge in [0.15, 0.2) is 4.73 Å². The second-order valence-corrected chi connectivity index (χ2v) is 7.35. The van der Waals surface area contributed by atoms with Gasteiger partial charge in [0.25, 0.3) is 0 Å². The van der Waals surface area contributed by atoms with Crippen LogP contribution in [-0.2, 0) is 17.6 Å². The number of rotatable bonds is 3. The van der Waals surface area contributed by atoms with E-state index in [1.807, 2.05) is 6.07 Å². The molecule has 1 aliphatic rings. The van der Waals surface area contributed by atoms with Gasteiger partial charge in [-0.05, 0) is 57.7 Å². The lowest BCUT2D eigenvalue weighted by Crippen LogP contribution is -2.31. The molecule has 28 heavy (non-hydrogen) atoms. The summed E-state index contributed by atoms with van der Waals surface area (Å²) >= 11 is 9.35. The maximum atomic E-state index is 12.9.